The molecular weight excluding hydrogens is 328 g/mol. The van der Waals surface area contributed by atoms with E-state index in [1.165, 1.54) is 0 Å². The quantitative estimate of drug-likeness (QED) is 0.886. The van der Waals surface area contributed by atoms with E-state index in [0.29, 0.717) is 22.6 Å². The van der Waals surface area contributed by atoms with Crippen molar-refractivity contribution in [1.29, 1.82) is 0 Å². The zero-order chi connectivity index (χ0) is 18.5. The zero-order valence-corrected chi connectivity index (χ0v) is 15.2. The minimum atomic E-state index is -0.232. The van der Waals surface area contributed by atoms with Gasteiger partial charge >= 0.3 is 0 Å². The predicted octanol–water partition coefficient (Wildman–Crippen LogP) is 3.96. The van der Waals surface area contributed by atoms with Gasteiger partial charge < -0.3 is 15.0 Å². The molecule has 1 heterocycles. The molecule has 136 valence electrons. The van der Waals surface area contributed by atoms with Crippen molar-refractivity contribution in [3.8, 4) is 5.75 Å². The van der Waals surface area contributed by atoms with E-state index < -0.39 is 0 Å². The molecule has 5 heteroatoms. The number of hydrogen-bond donors (Lipinski definition) is 1. The number of amides is 2. The molecule has 5 nitrogen and oxygen atoms in total. The number of anilines is 1. The first kappa shape index (κ1) is 18.0. The van der Waals surface area contributed by atoms with Gasteiger partial charge in [-0.05, 0) is 63.1 Å². The molecule has 0 bridgehead atoms. The fourth-order valence-electron chi connectivity index (χ4n) is 3.02. The smallest absolute Gasteiger partial charge is 0.255 e. The highest BCUT2D eigenvalue weighted by molar-refractivity contribution is 6.05. The van der Waals surface area contributed by atoms with E-state index in [2.05, 4.69) is 5.32 Å². The molecule has 2 aromatic rings. The highest BCUT2D eigenvalue weighted by Crippen LogP contribution is 2.19. The van der Waals surface area contributed by atoms with Gasteiger partial charge in [-0.3, -0.25) is 9.59 Å². The van der Waals surface area contributed by atoms with Gasteiger partial charge in [-0.25, -0.2) is 0 Å². The van der Waals surface area contributed by atoms with Gasteiger partial charge in [0.05, 0.1) is 6.10 Å². The lowest BCUT2D eigenvalue weighted by atomic mass is 10.1. The molecular formula is C21H24N2O3. The number of carbonyl (C=O) groups is 2. The first-order valence-corrected chi connectivity index (χ1v) is 9.00. The molecule has 1 fully saturated rings. The second kappa shape index (κ2) is 8.04. The molecule has 0 aromatic heterocycles. The van der Waals surface area contributed by atoms with Gasteiger partial charge in [-0.15, -0.1) is 0 Å². The molecule has 26 heavy (non-hydrogen) atoms. The van der Waals surface area contributed by atoms with Crippen molar-refractivity contribution >= 4 is 17.5 Å². The first-order valence-electron chi connectivity index (χ1n) is 9.00. The summed E-state index contributed by atoms with van der Waals surface area (Å²) < 4.78 is 5.63. The minimum absolute atomic E-state index is 0.0194. The van der Waals surface area contributed by atoms with E-state index in [0.717, 1.165) is 25.9 Å². The summed E-state index contributed by atoms with van der Waals surface area (Å²) in [6.45, 7) is 5.49. The van der Waals surface area contributed by atoms with Crippen molar-refractivity contribution in [3.05, 3.63) is 59.7 Å². The molecule has 1 aliphatic rings. The van der Waals surface area contributed by atoms with Gasteiger partial charge in [0.2, 0.25) is 0 Å². The summed E-state index contributed by atoms with van der Waals surface area (Å²) in [4.78, 5) is 26.9. The molecule has 0 unspecified atom stereocenters. The molecule has 1 saturated heterocycles. The van der Waals surface area contributed by atoms with Crippen molar-refractivity contribution in [1.82, 2.24) is 4.90 Å². The van der Waals surface area contributed by atoms with Crippen LogP contribution in [0.1, 0.15) is 47.4 Å². The summed E-state index contributed by atoms with van der Waals surface area (Å²) in [7, 11) is 0. The third kappa shape index (κ3) is 4.42. The Bertz CT molecular complexity index is 795. The van der Waals surface area contributed by atoms with Gasteiger partial charge in [0.1, 0.15) is 5.75 Å². The van der Waals surface area contributed by atoms with E-state index >= 15 is 0 Å². The van der Waals surface area contributed by atoms with Crippen LogP contribution in [0, 0.1) is 0 Å². The number of benzene rings is 2. The zero-order valence-electron chi connectivity index (χ0n) is 15.2. The Hall–Kier alpha value is -2.82. The van der Waals surface area contributed by atoms with Crippen LogP contribution >= 0.6 is 0 Å². The number of ether oxygens (including phenoxy) is 1. The molecule has 0 saturated carbocycles. The lowest BCUT2D eigenvalue weighted by Crippen LogP contribution is -2.27. The fraction of sp³-hybridized carbons (Fsp3) is 0.333. The van der Waals surface area contributed by atoms with Crippen LogP contribution in [-0.4, -0.2) is 35.9 Å². The predicted molar refractivity (Wildman–Crippen MR) is 102 cm³/mol. The van der Waals surface area contributed by atoms with E-state index in [9.17, 15) is 9.59 Å². The Balaban J connectivity index is 1.71. The Labute approximate surface area is 154 Å². The second-order valence-electron chi connectivity index (χ2n) is 6.73. The van der Waals surface area contributed by atoms with Crippen molar-refractivity contribution in [2.24, 2.45) is 0 Å². The minimum Gasteiger partial charge on any atom is -0.491 e. The van der Waals surface area contributed by atoms with Crippen molar-refractivity contribution in [2.75, 3.05) is 18.4 Å². The molecule has 0 spiro atoms. The normalized spacial score (nSPS) is 13.7. The third-order valence-corrected chi connectivity index (χ3v) is 4.23. The maximum Gasteiger partial charge on any atom is 0.255 e. The molecule has 0 radical (unpaired) electrons. The molecule has 1 N–H and O–H groups in total. The first-order chi connectivity index (χ1) is 12.5. The van der Waals surface area contributed by atoms with Gasteiger partial charge in [-0.1, -0.05) is 12.1 Å². The summed E-state index contributed by atoms with van der Waals surface area (Å²) >= 11 is 0. The molecule has 1 aliphatic heterocycles. The average molecular weight is 352 g/mol. The molecule has 2 aromatic carbocycles. The van der Waals surface area contributed by atoms with Crippen LogP contribution in [-0.2, 0) is 0 Å². The second-order valence-corrected chi connectivity index (χ2v) is 6.73. The highest BCUT2D eigenvalue weighted by atomic mass is 16.5. The highest BCUT2D eigenvalue weighted by Gasteiger charge is 2.19. The number of nitrogens with one attached hydrogen (secondary N) is 1. The molecule has 0 atom stereocenters. The van der Waals surface area contributed by atoms with Gasteiger partial charge in [-0.2, -0.15) is 0 Å². The fourth-order valence-corrected chi connectivity index (χ4v) is 3.02. The standard InChI is InChI=1S/C21H24N2O3/c1-15(2)26-19-10-6-7-16(14-19)20(24)22-18-9-5-8-17(13-18)21(25)23-11-3-4-12-23/h5-10,13-15H,3-4,11-12H2,1-2H3,(H,22,24). The van der Waals surface area contributed by atoms with Crippen LogP contribution in [0.2, 0.25) is 0 Å². The van der Waals surface area contributed by atoms with Crippen LogP contribution in [0.25, 0.3) is 0 Å². The monoisotopic (exact) mass is 352 g/mol. The molecule has 0 aliphatic carbocycles. The van der Waals surface area contributed by atoms with E-state index in [-0.39, 0.29) is 17.9 Å². The lowest BCUT2D eigenvalue weighted by Gasteiger charge is -2.16. The maximum absolute atomic E-state index is 12.5. The largest absolute Gasteiger partial charge is 0.491 e. The number of carbonyl (C=O) groups excluding carboxylic acids is 2. The summed E-state index contributed by atoms with van der Waals surface area (Å²) in [5.74, 6) is 0.446. The van der Waals surface area contributed by atoms with Crippen LogP contribution < -0.4 is 10.1 Å². The molecule has 3 rings (SSSR count). The molecule has 2 amide bonds. The number of hydrogen-bond acceptors (Lipinski definition) is 3. The van der Waals surface area contributed by atoms with Gasteiger partial charge in [0, 0.05) is 29.9 Å². The van der Waals surface area contributed by atoms with E-state index in [4.69, 9.17) is 4.74 Å². The third-order valence-electron chi connectivity index (χ3n) is 4.23. The summed E-state index contributed by atoms with van der Waals surface area (Å²) in [5, 5.41) is 2.86. The van der Waals surface area contributed by atoms with Crippen molar-refractivity contribution < 1.29 is 14.3 Å². The average Bonchev–Trinajstić information content (AvgIpc) is 3.15. The Kier molecular flexibility index (Phi) is 5.56. The lowest BCUT2D eigenvalue weighted by molar-refractivity contribution is 0.0792. The maximum atomic E-state index is 12.5. The van der Waals surface area contributed by atoms with Gasteiger partial charge in [0.25, 0.3) is 11.8 Å². The van der Waals surface area contributed by atoms with Crippen LogP contribution in [0.15, 0.2) is 48.5 Å². The SMILES string of the molecule is CC(C)Oc1cccc(C(=O)Nc2cccc(C(=O)N3CCCC3)c2)c1. The van der Waals surface area contributed by atoms with Crippen LogP contribution in [0.4, 0.5) is 5.69 Å². The summed E-state index contributed by atoms with van der Waals surface area (Å²) in [6.07, 6.45) is 2.15. The van der Waals surface area contributed by atoms with E-state index in [1.807, 2.05) is 24.8 Å². The summed E-state index contributed by atoms with van der Waals surface area (Å²) in [6, 6.07) is 14.2. The Morgan fingerprint density at radius 1 is 1.00 bits per heavy atom. The van der Waals surface area contributed by atoms with Crippen LogP contribution in [0.3, 0.4) is 0 Å². The number of rotatable bonds is 5. The van der Waals surface area contributed by atoms with Crippen molar-refractivity contribution in [3.63, 3.8) is 0 Å². The Morgan fingerprint density at radius 3 is 2.42 bits per heavy atom. The van der Waals surface area contributed by atoms with E-state index in [1.54, 1.807) is 42.5 Å². The topological polar surface area (TPSA) is 58.6 Å². The van der Waals surface area contributed by atoms with Gasteiger partial charge in [0.15, 0.2) is 0 Å². The Morgan fingerprint density at radius 2 is 1.69 bits per heavy atom. The van der Waals surface area contributed by atoms with Crippen molar-refractivity contribution in [2.45, 2.75) is 32.8 Å². The van der Waals surface area contributed by atoms with Crippen LogP contribution in [0.5, 0.6) is 5.75 Å². The summed E-state index contributed by atoms with van der Waals surface area (Å²) in [5.41, 5.74) is 1.72. The number of likely N-dealkylation sites (tertiary alicyclic amines) is 1. The number of nitrogens with zero attached hydrogens (tertiary/aromatic N) is 1.